The maximum absolute atomic E-state index is 11.7. The highest BCUT2D eigenvalue weighted by Crippen LogP contribution is 2.43. The molecule has 0 aliphatic carbocycles. The molecule has 0 aromatic rings. The Morgan fingerprint density at radius 2 is 1.91 bits per heavy atom. The first-order valence-corrected chi connectivity index (χ1v) is 9.02. The summed E-state index contributed by atoms with van der Waals surface area (Å²) in [4.78, 5) is 9.56. The highest BCUT2D eigenvalue weighted by atomic mass is 31.2. The Bertz CT molecular complexity index is 359. The van der Waals surface area contributed by atoms with Crippen LogP contribution in [0.1, 0.15) is 26.7 Å². The fourth-order valence-electron chi connectivity index (χ4n) is 1.95. The summed E-state index contributed by atoms with van der Waals surface area (Å²) in [6, 6.07) is 0. The number of aliphatic hydroxyl groups excluding tert-OH is 1. The molecular weight excluding hydrogens is 315 g/mol. The average molecular weight is 344 g/mol. The molecule has 1 aliphatic rings. The second-order valence-electron chi connectivity index (χ2n) is 5.08. The molecule has 0 amide bonds. The van der Waals surface area contributed by atoms with E-state index in [9.17, 15) is 9.46 Å². The minimum atomic E-state index is -4.18. The van der Waals surface area contributed by atoms with Gasteiger partial charge in [0, 0.05) is 13.0 Å². The molecule has 8 nitrogen and oxygen atoms in total. The number of hydrogen-bond acceptors (Lipinski definition) is 7. The van der Waals surface area contributed by atoms with Crippen molar-refractivity contribution in [2.75, 3.05) is 39.6 Å². The molecule has 1 unspecified atom stereocenters. The molecule has 0 radical (unpaired) electrons. The molecule has 0 saturated carbocycles. The molecule has 0 spiro atoms. The van der Waals surface area contributed by atoms with Crippen molar-refractivity contribution < 1.29 is 37.8 Å². The summed E-state index contributed by atoms with van der Waals surface area (Å²) >= 11 is 0. The smallest absolute Gasteiger partial charge is 0.390 e. The standard InChI is InChI=1S/C13H27O8P/c1-3-4-17-5-6-18-7-8-19-22(15,16)20-10-13-12(14)9-11(2)21-13/h11-14H,3-10H2,1-2H3,(H,15,16)/t11-,12-,13+/m0/s1/i14T. The van der Waals surface area contributed by atoms with Gasteiger partial charge in [0.2, 0.25) is 1.43 Å². The molecule has 0 bridgehead atoms. The van der Waals surface area contributed by atoms with Gasteiger partial charge in [0.05, 0.1) is 45.2 Å². The van der Waals surface area contributed by atoms with Gasteiger partial charge in [-0.1, -0.05) is 6.92 Å². The summed E-state index contributed by atoms with van der Waals surface area (Å²) in [5, 5.41) is 4.51. The van der Waals surface area contributed by atoms with E-state index in [0.29, 0.717) is 26.2 Å². The summed E-state index contributed by atoms with van der Waals surface area (Å²) in [5.41, 5.74) is 0. The number of ether oxygens (including phenoxy) is 3. The first-order valence-electron chi connectivity index (χ1n) is 7.94. The molecule has 9 heteroatoms. The molecule has 1 fully saturated rings. The number of aliphatic hydroxyl groups is 1. The van der Waals surface area contributed by atoms with Gasteiger partial charge in [0.1, 0.15) is 6.10 Å². The second-order valence-corrected chi connectivity index (χ2v) is 6.54. The SMILES string of the molecule is [3H]O[C@H]1C[C@H](C)O[C@@H]1COP(=O)(O)OCCOCCOCCC. The second kappa shape index (κ2) is 10.7. The highest BCUT2D eigenvalue weighted by Gasteiger charge is 2.34. The normalized spacial score (nSPS) is 28.5. The van der Waals surface area contributed by atoms with Crippen LogP contribution in [0.2, 0.25) is 0 Å². The van der Waals surface area contributed by atoms with Crippen LogP contribution in [0.25, 0.3) is 0 Å². The lowest BCUT2D eigenvalue weighted by molar-refractivity contribution is -0.0212. The van der Waals surface area contributed by atoms with E-state index in [0.717, 1.165) is 6.42 Å². The van der Waals surface area contributed by atoms with Crippen molar-refractivity contribution in [3.63, 3.8) is 0 Å². The lowest BCUT2D eigenvalue weighted by Crippen LogP contribution is -2.26. The van der Waals surface area contributed by atoms with Crippen LogP contribution >= 0.6 is 7.82 Å². The first kappa shape index (κ1) is 18.3. The molecular formula is C13H27O8P. The quantitative estimate of drug-likeness (QED) is 0.378. The Morgan fingerprint density at radius 3 is 2.59 bits per heavy atom. The molecule has 4 atom stereocenters. The van der Waals surface area contributed by atoms with Crippen molar-refractivity contribution in [2.24, 2.45) is 0 Å². The van der Waals surface area contributed by atoms with E-state index in [1.54, 1.807) is 0 Å². The largest absolute Gasteiger partial charge is 0.472 e. The van der Waals surface area contributed by atoms with Crippen LogP contribution in [0.5, 0.6) is 0 Å². The van der Waals surface area contributed by atoms with E-state index in [1.165, 1.54) is 0 Å². The van der Waals surface area contributed by atoms with Crippen LogP contribution < -0.4 is 0 Å². The number of phosphoric acid groups is 1. The minimum Gasteiger partial charge on any atom is -0.390 e. The van der Waals surface area contributed by atoms with Crippen molar-refractivity contribution in [2.45, 2.75) is 45.0 Å². The van der Waals surface area contributed by atoms with E-state index in [-0.39, 0.29) is 25.9 Å². The zero-order valence-electron chi connectivity index (χ0n) is 14.1. The fourth-order valence-corrected chi connectivity index (χ4v) is 2.66. The van der Waals surface area contributed by atoms with Crippen LogP contribution in [0.4, 0.5) is 0 Å². The zero-order chi connectivity index (χ0) is 17.1. The molecule has 1 heterocycles. The lowest BCUT2D eigenvalue weighted by Gasteiger charge is -2.17. The van der Waals surface area contributed by atoms with E-state index in [4.69, 9.17) is 24.7 Å². The van der Waals surface area contributed by atoms with Gasteiger partial charge < -0.3 is 24.2 Å². The van der Waals surface area contributed by atoms with Gasteiger partial charge >= 0.3 is 7.82 Å². The van der Waals surface area contributed by atoms with Crippen LogP contribution in [-0.4, -0.2) is 69.4 Å². The summed E-state index contributed by atoms with van der Waals surface area (Å²) in [6.07, 6.45) is 0.377. The van der Waals surface area contributed by atoms with Gasteiger partial charge in [-0.05, 0) is 13.3 Å². The number of rotatable bonds is 13. The van der Waals surface area contributed by atoms with E-state index in [2.05, 4.69) is 5.11 Å². The topological polar surface area (TPSA) is 104 Å². The molecule has 0 aromatic carbocycles. The predicted molar refractivity (Wildman–Crippen MR) is 78.6 cm³/mol. The Kier molecular flexibility index (Phi) is 8.87. The molecule has 22 heavy (non-hydrogen) atoms. The Labute approximate surface area is 132 Å². The van der Waals surface area contributed by atoms with Gasteiger partial charge in [0.15, 0.2) is 0 Å². The minimum absolute atomic E-state index is 0.0676. The fraction of sp³-hybridized carbons (Fsp3) is 1.00. The zero-order valence-corrected chi connectivity index (χ0v) is 14.0. The van der Waals surface area contributed by atoms with Gasteiger partial charge in [-0.25, -0.2) is 4.57 Å². The third-order valence-corrected chi connectivity index (χ3v) is 3.97. The Morgan fingerprint density at radius 1 is 1.23 bits per heavy atom. The van der Waals surface area contributed by atoms with Gasteiger partial charge in [-0.15, -0.1) is 0 Å². The van der Waals surface area contributed by atoms with Crippen molar-refractivity contribution in [1.29, 1.82) is 1.43 Å². The third-order valence-electron chi connectivity index (χ3n) is 2.99. The van der Waals surface area contributed by atoms with Crippen LogP contribution in [0.15, 0.2) is 0 Å². The summed E-state index contributed by atoms with van der Waals surface area (Å²) in [5.74, 6) is 0. The van der Waals surface area contributed by atoms with E-state index in [1.807, 2.05) is 13.8 Å². The van der Waals surface area contributed by atoms with Crippen molar-refractivity contribution in [1.82, 2.24) is 0 Å². The number of hydrogen-bond donors (Lipinski definition) is 2. The van der Waals surface area contributed by atoms with E-state index >= 15 is 0 Å². The predicted octanol–water partition coefficient (Wildman–Crippen LogP) is 1.10. The van der Waals surface area contributed by atoms with Crippen molar-refractivity contribution in [3.05, 3.63) is 0 Å². The van der Waals surface area contributed by atoms with E-state index < -0.39 is 20.0 Å². The third kappa shape index (κ3) is 8.55. The van der Waals surface area contributed by atoms with Gasteiger partial charge in [0.25, 0.3) is 0 Å². The monoisotopic (exact) mass is 344 g/mol. The lowest BCUT2D eigenvalue weighted by atomic mass is 10.1. The molecule has 132 valence electrons. The molecule has 0 aromatic heterocycles. The molecule has 1 rings (SSSR count). The molecule has 1 saturated heterocycles. The molecule has 1 aliphatic heterocycles. The number of phosphoric ester groups is 1. The van der Waals surface area contributed by atoms with Crippen LogP contribution in [0, 0.1) is 0 Å². The highest BCUT2D eigenvalue weighted by molar-refractivity contribution is 7.47. The average Bonchev–Trinajstić information content (AvgIpc) is 2.88. The van der Waals surface area contributed by atoms with Crippen LogP contribution in [0.3, 0.4) is 0 Å². The summed E-state index contributed by atoms with van der Waals surface area (Å²) in [6.45, 7) is 5.34. The Hall–Kier alpha value is -0.0500. The first-order chi connectivity index (χ1) is 11.0. The maximum Gasteiger partial charge on any atom is 0.472 e. The molecule has 2 N–H and O–H groups in total. The summed E-state index contributed by atoms with van der Waals surface area (Å²) < 4.78 is 44.2. The Balaban J connectivity index is 2.10. The van der Waals surface area contributed by atoms with Crippen molar-refractivity contribution in [3.8, 4) is 0 Å². The van der Waals surface area contributed by atoms with Gasteiger partial charge in [-0.3, -0.25) is 9.05 Å². The summed E-state index contributed by atoms with van der Waals surface area (Å²) in [7, 11) is -4.18. The van der Waals surface area contributed by atoms with Crippen LogP contribution in [-0.2, 0) is 27.8 Å². The van der Waals surface area contributed by atoms with Gasteiger partial charge in [-0.2, -0.15) is 0 Å². The van der Waals surface area contributed by atoms with Crippen molar-refractivity contribution >= 4 is 7.82 Å². The maximum atomic E-state index is 11.7.